The predicted molar refractivity (Wildman–Crippen MR) is 290 cm³/mol. The van der Waals surface area contributed by atoms with Crippen molar-refractivity contribution in [1.29, 1.82) is 0 Å². The number of ether oxygens (including phenoxy) is 2. The molecular weight excluding hydrogens is 1040 g/mol. The lowest BCUT2D eigenvalue weighted by atomic mass is 9.84. The average molecular weight is 1110 g/mol. The fourth-order valence-electron chi connectivity index (χ4n) is 11.4. The maximum absolute atomic E-state index is 15.3. The molecule has 2 saturated heterocycles. The molecule has 1 aliphatic carbocycles. The molecule has 3 aliphatic heterocycles. The van der Waals surface area contributed by atoms with Crippen LogP contribution in [-0.4, -0.2) is 109 Å². The Morgan fingerprint density at radius 1 is 1.04 bits per heavy atom. The van der Waals surface area contributed by atoms with Gasteiger partial charge in [0, 0.05) is 74.8 Å². The molecule has 2 aromatic heterocycles. The molecule has 16 heteroatoms. The van der Waals surface area contributed by atoms with Crippen LogP contribution in [0.15, 0.2) is 60.8 Å². The molecule has 8 rings (SSSR count). The summed E-state index contributed by atoms with van der Waals surface area (Å²) >= 11 is 7.99. The number of carbonyl (C=O) groups excluding carboxylic acids is 5. The summed E-state index contributed by atoms with van der Waals surface area (Å²) in [4.78, 5) is 80.2. The largest absolute Gasteiger partial charge is 0.465 e. The van der Waals surface area contributed by atoms with E-state index in [0.29, 0.717) is 32.4 Å². The first-order chi connectivity index (χ1) is 34.4. The molecule has 6 bridgehead atoms. The number of halogens is 1. The van der Waals surface area contributed by atoms with Crippen LogP contribution in [0.2, 0.25) is 0 Å². The Morgan fingerprint density at radius 3 is 2.51 bits per heavy atom. The minimum atomic E-state index is -1.59. The van der Waals surface area contributed by atoms with Crippen LogP contribution in [0.25, 0.3) is 33.3 Å². The third kappa shape index (κ3) is 10.8. The van der Waals surface area contributed by atoms with E-state index in [-0.39, 0.29) is 60.9 Å². The fraction of sp³-hybridized carbons (Fsp3) is 0.518. The van der Waals surface area contributed by atoms with Crippen molar-refractivity contribution in [3.63, 3.8) is 0 Å². The molecule has 6 atom stereocenters. The van der Waals surface area contributed by atoms with Gasteiger partial charge in [0.05, 0.1) is 30.0 Å². The smallest absolute Gasteiger partial charge is 0.315 e. The van der Waals surface area contributed by atoms with Crippen LogP contribution in [0.5, 0.6) is 0 Å². The molecule has 2 N–H and O–H groups in total. The number of likely N-dealkylation sites (N-methyl/N-ethyl adjacent to an activating group) is 1. The topological polar surface area (TPSA) is 155 Å². The zero-order chi connectivity index (χ0) is 51.6. The number of hydrazine groups is 1. The second-order valence-corrected chi connectivity index (χ2v) is 23.3. The predicted octanol–water partition coefficient (Wildman–Crippen LogP) is 8.22. The molecule has 0 radical (unpaired) electrons. The number of alkyl halides is 1. The van der Waals surface area contributed by atoms with Crippen molar-refractivity contribution >= 4 is 80.3 Å². The lowest BCUT2D eigenvalue weighted by molar-refractivity contribution is -0.149. The normalized spacial score (nSPS) is 23.5. The van der Waals surface area contributed by atoms with Gasteiger partial charge in [-0.15, -0.1) is 0 Å². The molecule has 0 unspecified atom stereocenters. The standard InChI is InChI=1S/C56H68IN7O7S/c1-9-16-46(65)62-31-34(3)44(32-62)52(67)61(7)48(37-18-11-12-19-37)50(66)59-56(57)29-36-17-13-20-38(27-36)39-23-24-45-42(28-39)43(49(63(45)10-2)40-21-14-25-58-47(40)35(4)70-8)30-55(5,6)33-71-53(68)41-22-15-26-64(54(56)69)60-51(41)72/h13-14,17,20-21,23-25,27-28,34-35,37,41,44,48H,10-12,15,18-19,22,26,29-33H2,1-8H3,(H,59,66)(H,60,72)/t34-,35-,41+,44+,48-,56-/m0/s1. The average Bonchev–Trinajstić information content (AvgIpc) is 4.07. The van der Waals surface area contributed by atoms with Crippen LogP contribution in [0, 0.1) is 40.9 Å². The van der Waals surface area contributed by atoms with Crippen LogP contribution in [-0.2, 0) is 52.8 Å². The second kappa shape index (κ2) is 22.0. The summed E-state index contributed by atoms with van der Waals surface area (Å²) in [7, 11) is 3.36. The van der Waals surface area contributed by atoms with Gasteiger partial charge in [-0.2, -0.15) is 0 Å². The van der Waals surface area contributed by atoms with Crippen molar-refractivity contribution in [3.8, 4) is 34.2 Å². The van der Waals surface area contributed by atoms with Gasteiger partial charge < -0.3 is 29.2 Å². The number of fused-ring (bicyclic) bond motifs is 7. The van der Waals surface area contributed by atoms with Gasteiger partial charge in [0.1, 0.15) is 16.9 Å². The van der Waals surface area contributed by atoms with Crippen LogP contribution >= 0.6 is 34.8 Å². The number of nitrogens with one attached hydrogen (secondary N) is 2. The van der Waals surface area contributed by atoms with Crippen molar-refractivity contribution in [3.05, 3.63) is 77.6 Å². The quantitative estimate of drug-likeness (QED) is 0.0419. The van der Waals surface area contributed by atoms with Crippen molar-refractivity contribution in [2.24, 2.45) is 29.1 Å². The molecule has 5 heterocycles. The summed E-state index contributed by atoms with van der Waals surface area (Å²) in [5, 5.41) is 5.72. The van der Waals surface area contributed by atoms with Crippen molar-refractivity contribution < 1.29 is 33.4 Å². The number of cyclic esters (lactones) is 1. The van der Waals surface area contributed by atoms with E-state index < -0.39 is 44.6 Å². The Labute approximate surface area is 442 Å². The van der Waals surface area contributed by atoms with Crippen molar-refractivity contribution in [1.82, 2.24) is 35.1 Å². The van der Waals surface area contributed by atoms with Gasteiger partial charge in [0.2, 0.25) is 11.8 Å². The van der Waals surface area contributed by atoms with Gasteiger partial charge in [-0.05, 0) is 140 Å². The van der Waals surface area contributed by atoms with Crippen LogP contribution in [0.1, 0.15) is 103 Å². The molecule has 2 aromatic carbocycles. The van der Waals surface area contributed by atoms with E-state index in [1.807, 2.05) is 32.0 Å². The van der Waals surface area contributed by atoms with Crippen molar-refractivity contribution in [2.45, 2.75) is 115 Å². The Morgan fingerprint density at radius 2 is 1.79 bits per heavy atom. The number of likely N-dealkylation sites (tertiary alicyclic amines) is 1. The summed E-state index contributed by atoms with van der Waals surface area (Å²) in [5.74, 6) is 1.79. The number of carbonyl (C=O) groups is 5. The summed E-state index contributed by atoms with van der Waals surface area (Å²) in [6.45, 7) is 13.5. The Kier molecular flexibility index (Phi) is 16.2. The highest BCUT2D eigenvalue weighted by molar-refractivity contribution is 14.1. The first-order valence-corrected chi connectivity index (χ1v) is 26.9. The molecule has 382 valence electrons. The van der Waals surface area contributed by atoms with Gasteiger partial charge in [0.15, 0.2) is 3.55 Å². The van der Waals surface area contributed by atoms with Gasteiger partial charge in [-0.3, -0.25) is 39.4 Å². The summed E-state index contributed by atoms with van der Waals surface area (Å²) < 4.78 is 12.8. The molecule has 72 heavy (non-hydrogen) atoms. The SMILES string of the molecule is CC#CC(=O)N1C[C@H](C)[C@H](C(=O)N(C)[C@H](C(=O)N[C@@]2(I)Cc3cccc(c3)-c3ccc4c(c3)c(c(-c3cccnc3[C@H](C)OC)n4CC)CC(C)(C)COC(=O)[C@@H]3CCCN(NC3=S)C2=O)C2CCCC2)C1. The highest BCUT2D eigenvalue weighted by Crippen LogP contribution is 2.43. The number of hydrogen-bond acceptors (Lipinski definition) is 9. The zero-order valence-corrected chi connectivity index (χ0v) is 45.8. The molecule has 4 amide bonds. The number of pyridine rings is 1. The molecule has 3 fully saturated rings. The number of methoxy groups -OCH3 is 1. The monoisotopic (exact) mass is 1110 g/mol. The first-order valence-electron chi connectivity index (χ1n) is 25.4. The first kappa shape index (κ1) is 52.9. The summed E-state index contributed by atoms with van der Waals surface area (Å²) in [6.07, 6.45) is 6.31. The summed E-state index contributed by atoms with van der Waals surface area (Å²) in [6, 6.07) is 17.8. The van der Waals surface area contributed by atoms with Crippen molar-refractivity contribution in [2.75, 3.05) is 40.4 Å². The third-order valence-electron chi connectivity index (χ3n) is 15.2. The van der Waals surface area contributed by atoms with E-state index in [1.165, 1.54) is 5.01 Å². The molecular formula is C56H68IN7O7S. The number of nitrogens with zero attached hydrogens (tertiary/aromatic N) is 5. The number of hydrogen-bond donors (Lipinski definition) is 2. The van der Waals surface area contributed by atoms with Crippen LogP contribution in [0.3, 0.4) is 0 Å². The zero-order valence-electron chi connectivity index (χ0n) is 42.8. The third-order valence-corrected chi connectivity index (χ3v) is 16.7. The second-order valence-electron chi connectivity index (χ2n) is 21.0. The minimum Gasteiger partial charge on any atom is -0.465 e. The number of aryl methyl sites for hydroxylation is 1. The van der Waals surface area contributed by atoms with E-state index >= 15 is 9.59 Å². The van der Waals surface area contributed by atoms with Gasteiger partial charge >= 0.3 is 5.97 Å². The number of amides is 4. The maximum Gasteiger partial charge on any atom is 0.315 e. The number of benzene rings is 2. The van der Waals surface area contributed by atoms with Crippen LogP contribution < -0.4 is 10.7 Å². The minimum absolute atomic E-state index is 0.0894. The summed E-state index contributed by atoms with van der Waals surface area (Å²) in [5.41, 5.74) is 10.3. The number of aromatic nitrogens is 2. The number of thiocarbonyl (C=S) groups is 1. The molecule has 14 nitrogen and oxygen atoms in total. The lowest BCUT2D eigenvalue weighted by Crippen LogP contribution is -2.64. The molecule has 0 spiro atoms. The van der Waals surface area contributed by atoms with Gasteiger partial charge in [-0.1, -0.05) is 82.1 Å². The molecule has 4 aliphatic rings. The number of esters is 1. The Bertz CT molecular complexity index is 2830. The Balaban J connectivity index is 1.22. The fourth-order valence-corrected chi connectivity index (χ4v) is 12.7. The highest BCUT2D eigenvalue weighted by atomic mass is 127. The van der Waals surface area contributed by atoms with E-state index in [2.05, 4.69) is 107 Å². The van der Waals surface area contributed by atoms with E-state index in [0.717, 1.165) is 75.8 Å². The molecule has 1 saturated carbocycles. The van der Waals surface area contributed by atoms with Gasteiger partial charge in [0.25, 0.3) is 11.8 Å². The molecule has 4 aromatic rings. The number of rotatable bonds is 9. The van der Waals surface area contributed by atoms with E-state index in [1.54, 1.807) is 37.1 Å². The van der Waals surface area contributed by atoms with Crippen LogP contribution in [0.4, 0.5) is 0 Å². The van der Waals surface area contributed by atoms with E-state index in [9.17, 15) is 14.4 Å². The lowest BCUT2D eigenvalue weighted by Gasteiger charge is -2.38. The maximum atomic E-state index is 15.3. The highest BCUT2D eigenvalue weighted by Gasteiger charge is 2.48. The Hall–Kier alpha value is -5.38. The van der Waals surface area contributed by atoms with E-state index in [4.69, 9.17) is 26.7 Å². The van der Waals surface area contributed by atoms with Gasteiger partial charge in [-0.25, -0.2) is 0 Å².